The van der Waals surface area contributed by atoms with E-state index >= 15 is 0 Å². The molecule has 4 nitrogen and oxygen atoms in total. The fraction of sp³-hybridized carbons (Fsp3) is 0.500. The number of ether oxygens (including phenoxy) is 1. The predicted octanol–water partition coefficient (Wildman–Crippen LogP) is 2.26. The molecule has 4 heteroatoms. The minimum atomic E-state index is 0.00481. The molecule has 1 atom stereocenters. The number of nitrogens with two attached hydrogens (primary N) is 1. The highest BCUT2D eigenvalue weighted by molar-refractivity contribution is 5.76. The Morgan fingerprint density at radius 1 is 1.39 bits per heavy atom. The van der Waals surface area contributed by atoms with Crippen LogP contribution in [0.5, 0.6) is 0 Å². The van der Waals surface area contributed by atoms with Crippen molar-refractivity contribution in [1.29, 1.82) is 0 Å². The molecule has 0 spiro atoms. The molecule has 3 N–H and O–H groups in total. The summed E-state index contributed by atoms with van der Waals surface area (Å²) in [6, 6.07) is 7.55. The van der Waals surface area contributed by atoms with Crippen LogP contribution in [0.4, 0.5) is 5.69 Å². The van der Waals surface area contributed by atoms with Gasteiger partial charge in [0.15, 0.2) is 0 Å². The van der Waals surface area contributed by atoms with Crippen LogP contribution >= 0.6 is 0 Å². The Balaban J connectivity index is 2.33. The third kappa shape index (κ3) is 5.19. The minimum Gasteiger partial charge on any atom is -0.399 e. The van der Waals surface area contributed by atoms with E-state index < -0.39 is 0 Å². The van der Waals surface area contributed by atoms with Gasteiger partial charge in [-0.05, 0) is 38.0 Å². The van der Waals surface area contributed by atoms with Gasteiger partial charge in [-0.3, -0.25) is 4.79 Å². The normalized spacial score (nSPS) is 12.1. The molecular weight excluding hydrogens is 228 g/mol. The Hall–Kier alpha value is -1.55. The molecule has 1 amide bonds. The third-order valence-corrected chi connectivity index (χ3v) is 2.71. The zero-order valence-electron chi connectivity index (χ0n) is 11.1. The van der Waals surface area contributed by atoms with E-state index in [2.05, 4.69) is 5.32 Å². The van der Waals surface area contributed by atoms with Crippen molar-refractivity contribution < 1.29 is 9.53 Å². The molecule has 1 aromatic carbocycles. The number of amides is 1. The van der Waals surface area contributed by atoms with Gasteiger partial charge in [0.2, 0.25) is 5.91 Å². The van der Waals surface area contributed by atoms with Gasteiger partial charge in [-0.2, -0.15) is 0 Å². The molecular formula is C14H22N2O2. The first-order chi connectivity index (χ1) is 8.63. The number of hydrogen-bond donors (Lipinski definition) is 2. The van der Waals surface area contributed by atoms with Crippen LogP contribution in [0, 0.1) is 0 Å². The highest BCUT2D eigenvalue weighted by atomic mass is 16.5. The van der Waals surface area contributed by atoms with Gasteiger partial charge in [0.1, 0.15) is 0 Å². The summed E-state index contributed by atoms with van der Waals surface area (Å²) in [7, 11) is 0. The predicted molar refractivity (Wildman–Crippen MR) is 73.1 cm³/mol. The first kappa shape index (κ1) is 14.5. The van der Waals surface area contributed by atoms with Crippen LogP contribution in [0.1, 0.15) is 38.3 Å². The number of benzene rings is 1. The summed E-state index contributed by atoms with van der Waals surface area (Å²) < 4.78 is 5.19. The molecule has 0 aliphatic rings. The van der Waals surface area contributed by atoms with E-state index in [-0.39, 0.29) is 11.9 Å². The topological polar surface area (TPSA) is 64.3 Å². The highest BCUT2D eigenvalue weighted by Gasteiger charge is 2.08. The molecule has 18 heavy (non-hydrogen) atoms. The number of carbonyl (C=O) groups is 1. The molecule has 0 saturated carbocycles. The molecule has 0 aliphatic heterocycles. The minimum absolute atomic E-state index is 0.00481. The molecule has 1 unspecified atom stereocenters. The Kier molecular flexibility index (Phi) is 6.22. The Labute approximate surface area is 109 Å². The van der Waals surface area contributed by atoms with Gasteiger partial charge in [0.05, 0.1) is 6.04 Å². The lowest BCUT2D eigenvalue weighted by atomic mass is 10.1. The molecule has 0 aliphatic carbocycles. The van der Waals surface area contributed by atoms with Crippen LogP contribution in [0.3, 0.4) is 0 Å². The van der Waals surface area contributed by atoms with Gasteiger partial charge in [-0.1, -0.05) is 12.1 Å². The summed E-state index contributed by atoms with van der Waals surface area (Å²) in [5, 5.41) is 2.96. The number of nitrogen functional groups attached to an aromatic ring is 1. The van der Waals surface area contributed by atoms with E-state index in [1.807, 2.05) is 38.1 Å². The standard InChI is InChI=1S/C14H22N2O2/c1-3-18-10-4-5-14(17)16-11(2)12-6-8-13(15)9-7-12/h6-9,11H,3-5,10,15H2,1-2H3,(H,16,17). The molecule has 1 rings (SSSR count). The number of rotatable bonds is 7. The largest absolute Gasteiger partial charge is 0.399 e. The molecule has 0 aromatic heterocycles. The fourth-order valence-corrected chi connectivity index (χ4v) is 1.66. The van der Waals surface area contributed by atoms with Crippen molar-refractivity contribution in [2.45, 2.75) is 32.7 Å². The van der Waals surface area contributed by atoms with Gasteiger partial charge in [-0.25, -0.2) is 0 Å². The second-order valence-corrected chi connectivity index (χ2v) is 4.26. The van der Waals surface area contributed by atoms with E-state index in [9.17, 15) is 4.79 Å². The number of carbonyl (C=O) groups excluding carboxylic acids is 1. The second kappa shape index (κ2) is 7.71. The van der Waals surface area contributed by atoms with Gasteiger partial charge in [0.25, 0.3) is 0 Å². The first-order valence-electron chi connectivity index (χ1n) is 6.36. The van der Waals surface area contributed by atoms with Gasteiger partial charge in [0, 0.05) is 25.3 Å². The lowest BCUT2D eigenvalue weighted by Crippen LogP contribution is -2.26. The van der Waals surface area contributed by atoms with Crippen molar-refractivity contribution in [1.82, 2.24) is 5.32 Å². The highest BCUT2D eigenvalue weighted by Crippen LogP contribution is 2.14. The van der Waals surface area contributed by atoms with Crippen LogP contribution < -0.4 is 11.1 Å². The second-order valence-electron chi connectivity index (χ2n) is 4.26. The van der Waals surface area contributed by atoms with Crippen molar-refractivity contribution in [3.8, 4) is 0 Å². The van der Waals surface area contributed by atoms with Crippen LogP contribution in [0.2, 0.25) is 0 Å². The third-order valence-electron chi connectivity index (χ3n) is 2.71. The molecule has 1 aromatic rings. The van der Waals surface area contributed by atoms with Crippen molar-refractivity contribution in [2.24, 2.45) is 0 Å². The summed E-state index contributed by atoms with van der Waals surface area (Å²) in [6.07, 6.45) is 1.26. The molecule has 100 valence electrons. The van der Waals surface area contributed by atoms with Crippen LogP contribution in [-0.4, -0.2) is 19.1 Å². The smallest absolute Gasteiger partial charge is 0.220 e. The van der Waals surface area contributed by atoms with E-state index in [1.165, 1.54) is 0 Å². The van der Waals surface area contributed by atoms with Crippen molar-refractivity contribution in [3.63, 3.8) is 0 Å². The maximum Gasteiger partial charge on any atom is 0.220 e. The molecule has 0 saturated heterocycles. The average molecular weight is 250 g/mol. The number of anilines is 1. The molecule has 0 radical (unpaired) electrons. The fourth-order valence-electron chi connectivity index (χ4n) is 1.66. The number of hydrogen-bond acceptors (Lipinski definition) is 3. The Bertz CT molecular complexity index is 363. The summed E-state index contributed by atoms with van der Waals surface area (Å²) in [5.41, 5.74) is 7.41. The van der Waals surface area contributed by atoms with E-state index in [0.29, 0.717) is 19.6 Å². The summed E-state index contributed by atoms with van der Waals surface area (Å²) in [5.74, 6) is 0.0547. The summed E-state index contributed by atoms with van der Waals surface area (Å²) in [4.78, 5) is 11.7. The van der Waals surface area contributed by atoms with Gasteiger partial charge in [-0.15, -0.1) is 0 Å². The maximum atomic E-state index is 11.7. The van der Waals surface area contributed by atoms with Gasteiger partial charge >= 0.3 is 0 Å². The average Bonchev–Trinajstić information content (AvgIpc) is 2.35. The zero-order chi connectivity index (χ0) is 13.4. The Morgan fingerprint density at radius 3 is 2.67 bits per heavy atom. The molecule has 0 bridgehead atoms. The van der Waals surface area contributed by atoms with Crippen molar-refractivity contribution in [2.75, 3.05) is 18.9 Å². The van der Waals surface area contributed by atoms with Crippen LogP contribution in [0.25, 0.3) is 0 Å². The first-order valence-corrected chi connectivity index (χ1v) is 6.36. The summed E-state index contributed by atoms with van der Waals surface area (Å²) >= 11 is 0. The van der Waals surface area contributed by atoms with Crippen LogP contribution in [-0.2, 0) is 9.53 Å². The molecule has 0 heterocycles. The SMILES string of the molecule is CCOCCCC(=O)NC(C)c1ccc(N)cc1. The number of nitrogens with one attached hydrogen (secondary N) is 1. The van der Waals surface area contributed by atoms with Crippen molar-refractivity contribution in [3.05, 3.63) is 29.8 Å². The van der Waals surface area contributed by atoms with Crippen LogP contribution in [0.15, 0.2) is 24.3 Å². The molecule has 0 fully saturated rings. The lowest BCUT2D eigenvalue weighted by Gasteiger charge is -2.14. The zero-order valence-corrected chi connectivity index (χ0v) is 11.1. The maximum absolute atomic E-state index is 11.7. The quantitative estimate of drug-likeness (QED) is 0.576. The van der Waals surface area contributed by atoms with E-state index in [4.69, 9.17) is 10.5 Å². The van der Waals surface area contributed by atoms with Crippen molar-refractivity contribution >= 4 is 11.6 Å². The van der Waals surface area contributed by atoms with Gasteiger partial charge < -0.3 is 15.8 Å². The summed E-state index contributed by atoms with van der Waals surface area (Å²) in [6.45, 7) is 5.25. The Morgan fingerprint density at radius 2 is 2.06 bits per heavy atom. The monoisotopic (exact) mass is 250 g/mol. The van der Waals surface area contributed by atoms with E-state index in [0.717, 1.165) is 17.7 Å². The lowest BCUT2D eigenvalue weighted by molar-refractivity contribution is -0.122. The van der Waals surface area contributed by atoms with E-state index in [1.54, 1.807) is 0 Å².